The molecule has 1 heterocycles. The minimum absolute atomic E-state index is 0.285. The largest absolute Gasteiger partial charge is 0.329 e. The van der Waals surface area contributed by atoms with Crippen LogP contribution in [-0.4, -0.2) is 11.5 Å². The van der Waals surface area contributed by atoms with Gasteiger partial charge in [-0.2, -0.15) is 0 Å². The number of rotatable bonds is 5. The molecule has 1 aromatic carbocycles. The number of thioether (sulfide) groups is 1. The van der Waals surface area contributed by atoms with Crippen LogP contribution in [0.2, 0.25) is 0 Å². The van der Waals surface area contributed by atoms with Crippen molar-refractivity contribution in [3.05, 3.63) is 59.9 Å². The van der Waals surface area contributed by atoms with Crippen molar-refractivity contribution >= 4 is 11.8 Å². The summed E-state index contributed by atoms with van der Waals surface area (Å²) >= 11 is 1.81. The van der Waals surface area contributed by atoms with Gasteiger partial charge in [0.05, 0.1) is 0 Å². The van der Waals surface area contributed by atoms with Crippen LogP contribution in [0, 0.1) is 0 Å². The molecule has 0 saturated heterocycles. The van der Waals surface area contributed by atoms with Gasteiger partial charge in [-0.15, -0.1) is 11.8 Å². The van der Waals surface area contributed by atoms with Gasteiger partial charge < -0.3 is 5.73 Å². The molecule has 2 N–H and O–H groups in total. The van der Waals surface area contributed by atoms with E-state index in [1.807, 2.05) is 36.3 Å². The fourth-order valence-electron chi connectivity index (χ4n) is 1.93. The molecule has 1 aromatic heterocycles. The van der Waals surface area contributed by atoms with Crippen molar-refractivity contribution in [2.45, 2.75) is 29.9 Å². The zero-order valence-electron chi connectivity index (χ0n) is 11.4. The van der Waals surface area contributed by atoms with Crippen LogP contribution < -0.4 is 5.73 Å². The predicted octanol–water partition coefficient (Wildman–Crippen LogP) is 4.00. The van der Waals surface area contributed by atoms with Gasteiger partial charge in [-0.05, 0) is 41.3 Å². The smallest absolute Gasteiger partial charge is 0.0467 e. The fourth-order valence-corrected chi connectivity index (χ4v) is 2.94. The van der Waals surface area contributed by atoms with E-state index in [1.54, 1.807) is 0 Å². The van der Waals surface area contributed by atoms with E-state index < -0.39 is 0 Å². The van der Waals surface area contributed by atoms with Crippen LogP contribution in [0.5, 0.6) is 0 Å². The molecule has 0 bridgehead atoms. The molecule has 2 nitrogen and oxygen atoms in total. The van der Waals surface area contributed by atoms with Gasteiger partial charge >= 0.3 is 0 Å². The monoisotopic (exact) mass is 272 g/mol. The first-order chi connectivity index (χ1) is 9.20. The summed E-state index contributed by atoms with van der Waals surface area (Å²) in [5, 5.41) is 0.285. The highest BCUT2D eigenvalue weighted by atomic mass is 32.2. The molecule has 3 heteroatoms. The molecule has 1 unspecified atom stereocenters. The van der Waals surface area contributed by atoms with Gasteiger partial charge in [-0.1, -0.05) is 26.0 Å². The summed E-state index contributed by atoms with van der Waals surface area (Å²) < 4.78 is 0. The summed E-state index contributed by atoms with van der Waals surface area (Å²) in [5.41, 5.74) is 8.49. The molecular weight excluding hydrogens is 252 g/mol. The van der Waals surface area contributed by atoms with Crippen LogP contribution in [0.15, 0.2) is 53.7 Å². The Bertz CT molecular complexity index is 494. The normalized spacial score (nSPS) is 12.6. The van der Waals surface area contributed by atoms with Crippen LogP contribution in [0.25, 0.3) is 0 Å². The molecular formula is C16H20N2S. The van der Waals surface area contributed by atoms with Crippen molar-refractivity contribution in [1.29, 1.82) is 0 Å². The average molecular weight is 272 g/mol. The van der Waals surface area contributed by atoms with Gasteiger partial charge in [0.25, 0.3) is 0 Å². The molecule has 0 amide bonds. The van der Waals surface area contributed by atoms with Crippen LogP contribution >= 0.6 is 11.8 Å². The van der Waals surface area contributed by atoms with E-state index in [1.165, 1.54) is 16.0 Å². The lowest BCUT2D eigenvalue weighted by Gasteiger charge is -2.15. The Labute approximate surface area is 119 Å². The first-order valence-electron chi connectivity index (χ1n) is 6.57. The molecule has 0 saturated carbocycles. The second-order valence-electron chi connectivity index (χ2n) is 4.85. The average Bonchev–Trinajstić information content (AvgIpc) is 2.46. The Balaban J connectivity index is 2.10. The summed E-state index contributed by atoms with van der Waals surface area (Å²) in [6.45, 7) is 5.05. The molecule has 0 fully saturated rings. The van der Waals surface area contributed by atoms with Crippen LogP contribution in [0.4, 0.5) is 0 Å². The van der Waals surface area contributed by atoms with Crippen molar-refractivity contribution in [3.8, 4) is 0 Å². The van der Waals surface area contributed by atoms with Crippen LogP contribution in [0.3, 0.4) is 0 Å². The van der Waals surface area contributed by atoms with E-state index in [9.17, 15) is 0 Å². The third-order valence-corrected chi connectivity index (χ3v) is 4.41. The third-order valence-electron chi connectivity index (χ3n) is 3.12. The first kappa shape index (κ1) is 14.1. The number of aromatic nitrogens is 1. The lowest BCUT2D eigenvalue weighted by atomic mass is 10.0. The number of pyridine rings is 1. The minimum atomic E-state index is 0.285. The van der Waals surface area contributed by atoms with E-state index in [0.29, 0.717) is 12.5 Å². The maximum atomic E-state index is 5.89. The quantitative estimate of drug-likeness (QED) is 0.836. The number of nitrogens with zero attached hydrogens (tertiary/aromatic N) is 1. The molecule has 2 rings (SSSR count). The molecule has 100 valence electrons. The van der Waals surface area contributed by atoms with E-state index in [4.69, 9.17) is 5.73 Å². The molecule has 0 radical (unpaired) electrons. The molecule has 19 heavy (non-hydrogen) atoms. The SMILES string of the molecule is CC(C)c1ccc(SC(CN)c2ccncc2)cc1. The number of nitrogens with two attached hydrogens (primary N) is 1. The highest BCUT2D eigenvalue weighted by Gasteiger charge is 2.11. The number of hydrogen-bond acceptors (Lipinski definition) is 3. The first-order valence-corrected chi connectivity index (χ1v) is 7.45. The summed E-state index contributed by atoms with van der Waals surface area (Å²) in [4.78, 5) is 5.31. The Morgan fingerprint density at radius 1 is 1.00 bits per heavy atom. The predicted molar refractivity (Wildman–Crippen MR) is 82.4 cm³/mol. The highest BCUT2D eigenvalue weighted by Crippen LogP contribution is 2.34. The van der Waals surface area contributed by atoms with E-state index >= 15 is 0 Å². The van der Waals surface area contributed by atoms with Gasteiger partial charge in [0.2, 0.25) is 0 Å². The lowest BCUT2D eigenvalue weighted by Crippen LogP contribution is -2.09. The second-order valence-corrected chi connectivity index (χ2v) is 6.12. The van der Waals surface area contributed by atoms with Crippen LogP contribution in [0.1, 0.15) is 36.1 Å². The maximum Gasteiger partial charge on any atom is 0.0467 e. The Morgan fingerprint density at radius 2 is 1.63 bits per heavy atom. The summed E-state index contributed by atoms with van der Waals surface area (Å²) in [6, 6.07) is 12.8. The van der Waals surface area contributed by atoms with Crippen molar-refractivity contribution < 1.29 is 0 Å². The topological polar surface area (TPSA) is 38.9 Å². The molecule has 2 aromatic rings. The van der Waals surface area contributed by atoms with Gasteiger partial charge in [-0.3, -0.25) is 4.98 Å². The summed E-state index contributed by atoms with van der Waals surface area (Å²) in [7, 11) is 0. The van der Waals surface area contributed by atoms with Crippen molar-refractivity contribution in [1.82, 2.24) is 4.98 Å². The molecule has 0 aliphatic heterocycles. The van der Waals surface area contributed by atoms with E-state index in [0.717, 1.165) is 0 Å². The molecule has 0 aliphatic carbocycles. The third kappa shape index (κ3) is 3.82. The molecule has 0 aliphatic rings. The minimum Gasteiger partial charge on any atom is -0.329 e. The summed E-state index contributed by atoms with van der Waals surface area (Å²) in [6.07, 6.45) is 3.64. The van der Waals surface area contributed by atoms with Gasteiger partial charge in [0, 0.05) is 29.1 Å². The lowest BCUT2D eigenvalue weighted by molar-refractivity contribution is 0.864. The van der Waals surface area contributed by atoms with Gasteiger partial charge in [0.1, 0.15) is 0 Å². The number of hydrogen-bond donors (Lipinski definition) is 1. The van der Waals surface area contributed by atoms with Crippen LogP contribution in [-0.2, 0) is 0 Å². The highest BCUT2D eigenvalue weighted by molar-refractivity contribution is 7.99. The van der Waals surface area contributed by atoms with Gasteiger partial charge in [0.15, 0.2) is 0 Å². The van der Waals surface area contributed by atoms with E-state index in [2.05, 4.69) is 43.1 Å². The zero-order chi connectivity index (χ0) is 13.7. The Hall–Kier alpha value is -1.32. The van der Waals surface area contributed by atoms with Crippen molar-refractivity contribution in [2.24, 2.45) is 5.73 Å². The zero-order valence-corrected chi connectivity index (χ0v) is 12.2. The second kappa shape index (κ2) is 6.73. The maximum absolute atomic E-state index is 5.89. The van der Waals surface area contributed by atoms with Gasteiger partial charge in [-0.25, -0.2) is 0 Å². The standard InChI is InChI=1S/C16H20N2S/c1-12(2)13-3-5-15(6-4-13)19-16(11-17)14-7-9-18-10-8-14/h3-10,12,16H,11,17H2,1-2H3. The van der Waals surface area contributed by atoms with E-state index in [-0.39, 0.29) is 5.25 Å². The van der Waals surface area contributed by atoms with Crippen molar-refractivity contribution in [3.63, 3.8) is 0 Å². The Kier molecular flexibility index (Phi) is 5.00. The van der Waals surface area contributed by atoms with Crippen molar-refractivity contribution in [2.75, 3.05) is 6.54 Å². The summed E-state index contributed by atoms with van der Waals surface area (Å²) in [5.74, 6) is 0.574. The molecule has 1 atom stereocenters. The Morgan fingerprint density at radius 3 is 2.16 bits per heavy atom. The number of benzene rings is 1. The fraction of sp³-hybridized carbons (Fsp3) is 0.312. The molecule has 0 spiro atoms.